The summed E-state index contributed by atoms with van der Waals surface area (Å²) >= 11 is 0. The summed E-state index contributed by atoms with van der Waals surface area (Å²) in [5.41, 5.74) is 1.42. The van der Waals surface area contributed by atoms with Crippen LogP contribution in [0.3, 0.4) is 0 Å². The average molecular weight is 367 g/mol. The molecule has 3 fully saturated rings. The van der Waals surface area contributed by atoms with Gasteiger partial charge in [-0.05, 0) is 49.8 Å². The zero-order valence-corrected chi connectivity index (χ0v) is 16.0. The molecule has 4 heterocycles. The molecule has 27 heavy (non-hydrogen) atoms. The van der Waals surface area contributed by atoms with E-state index >= 15 is 0 Å². The topological polar surface area (TPSA) is 41.4 Å². The minimum Gasteiger partial charge on any atom is -0.338 e. The number of carbonyl (C=O) groups is 1. The lowest BCUT2D eigenvalue weighted by Crippen LogP contribution is -2.47. The second-order valence-electron chi connectivity index (χ2n) is 8.01. The van der Waals surface area contributed by atoms with Gasteiger partial charge >= 0.3 is 0 Å². The number of aromatic nitrogens is 2. The van der Waals surface area contributed by atoms with Gasteiger partial charge in [-0.3, -0.25) is 9.48 Å². The predicted molar refractivity (Wildman–Crippen MR) is 106 cm³/mol. The lowest BCUT2D eigenvalue weighted by Gasteiger charge is -2.36. The maximum atomic E-state index is 12.8. The molecule has 0 N–H and O–H groups in total. The van der Waals surface area contributed by atoms with Gasteiger partial charge in [-0.1, -0.05) is 30.3 Å². The van der Waals surface area contributed by atoms with E-state index in [1.165, 1.54) is 18.4 Å². The third-order valence-corrected chi connectivity index (χ3v) is 6.01. The Morgan fingerprint density at radius 1 is 1.04 bits per heavy atom. The molecule has 144 valence electrons. The van der Waals surface area contributed by atoms with Crippen molar-refractivity contribution in [2.24, 2.45) is 5.92 Å². The lowest BCUT2D eigenvalue weighted by atomic mass is 9.94. The molecule has 3 aliphatic heterocycles. The van der Waals surface area contributed by atoms with E-state index in [0.29, 0.717) is 30.8 Å². The van der Waals surface area contributed by atoms with E-state index in [1.54, 1.807) is 6.20 Å². The number of hydrogen-bond donors (Lipinski definition) is 0. The van der Waals surface area contributed by atoms with Crippen molar-refractivity contribution >= 4 is 5.91 Å². The number of aryl methyl sites for hydroxylation is 2. The maximum absolute atomic E-state index is 12.8. The summed E-state index contributed by atoms with van der Waals surface area (Å²) < 4.78 is 1.85. The Morgan fingerprint density at radius 2 is 1.93 bits per heavy atom. The van der Waals surface area contributed by atoms with Crippen LogP contribution in [-0.4, -0.2) is 57.7 Å². The molecule has 2 atom stereocenters. The van der Waals surface area contributed by atoms with Crippen LogP contribution in [0.5, 0.6) is 0 Å². The van der Waals surface area contributed by atoms with Crippen molar-refractivity contribution in [3.63, 3.8) is 0 Å². The van der Waals surface area contributed by atoms with Crippen molar-refractivity contribution < 1.29 is 4.79 Å². The lowest BCUT2D eigenvalue weighted by molar-refractivity contribution is -0.135. The molecule has 2 aromatic rings. The summed E-state index contributed by atoms with van der Waals surface area (Å²) in [6.45, 7) is 4.95. The molecule has 5 heteroatoms. The molecule has 0 spiro atoms. The normalized spacial score (nSPS) is 22.7. The highest BCUT2D eigenvalue weighted by atomic mass is 16.2. The van der Waals surface area contributed by atoms with Crippen molar-refractivity contribution in [1.29, 1.82) is 0 Å². The number of nitrogens with zero attached hydrogens (tertiary/aromatic N) is 4. The summed E-state index contributed by atoms with van der Waals surface area (Å²) in [7, 11) is 0. The molecule has 5 rings (SSSR count). The van der Waals surface area contributed by atoms with E-state index in [4.69, 9.17) is 0 Å². The number of piperidine rings is 1. The van der Waals surface area contributed by atoms with E-state index in [0.717, 1.165) is 39.0 Å². The zero-order valence-electron chi connectivity index (χ0n) is 16.0. The van der Waals surface area contributed by atoms with Crippen LogP contribution in [0.25, 0.3) is 0 Å². The van der Waals surface area contributed by atoms with Gasteiger partial charge in [0.25, 0.3) is 0 Å². The number of fused-ring (bicyclic) bond motifs is 4. The number of rotatable bonds is 7. The molecule has 5 nitrogen and oxygen atoms in total. The van der Waals surface area contributed by atoms with Crippen molar-refractivity contribution in [1.82, 2.24) is 19.6 Å². The Hall–Kier alpha value is -2.14. The Bertz CT molecular complexity index is 715. The van der Waals surface area contributed by atoms with Crippen molar-refractivity contribution in [2.75, 3.05) is 26.2 Å². The molecular formula is C22H30N4O. The first-order chi connectivity index (χ1) is 13.3. The quantitative estimate of drug-likeness (QED) is 0.757. The van der Waals surface area contributed by atoms with Gasteiger partial charge in [-0.25, -0.2) is 0 Å². The fourth-order valence-corrected chi connectivity index (χ4v) is 4.61. The van der Waals surface area contributed by atoms with Crippen LogP contribution in [0.1, 0.15) is 31.2 Å². The second kappa shape index (κ2) is 8.70. The fourth-order valence-electron chi connectivity index (χ4n) is 4.61. The minimum absolute atomic E-state index is 0.298. The highest BCUT2D eigenvalue weighted by Crippen LogP contribution is 2.28. The van der Waals surface area contributed by atoms with Crippen LogP contribution < -0.4 is 0 Å². The summed E-state index contributed by atoms with van der Waals surface area (Å²) in [4.78, 5) is 17.6. The Morgan fingerprint density at radius 3 is 2.74 bits per heavy atom. The molecule has 1 aromatic carbocycles. The van der Waals surface area contributed by atoms with Crippen molar-refractivity contribution in [3.8, 4) is 0 Å². The van der Waals surface area contributed by atoms with Gasteiger partial charge in [0.15, 0.2) is 0 Å². The van der Waals surface area contributed by atoms with Crippen LogP contribution in [0.4, 0.5) is 0 Å². The van der Waals surface area contributed by atoms with Crippen LogP contribution >= 0.6 is 0 Å². The first kappa shape index (κ1) is 18.2. The average Bonchev–Trinajstić information content (AvgIpc) is 3.06. The second-order valence-corrected chi connectivity index (χ2v) is 8.01. The largest absolute Gasteiger partial charge is 0.338 e. The standard InChI is InChI=1S/C22H30N4O/c27-22(11-15-25-14-5-12-23-25)26-17-20-9-10-21(26)18-24(16-20)13-4-8-19-6-2-1-3-7-19/h1-3,5-7,12,14,20-21H,4,8-11,13,15-18H2/t20-,21+/m1/s1. The van der Waals surface area contributed by atoms with Crippen molar-refractivity contribution in [2.45, 2.75) is 44.7 Å². The number of amides is 1. The van der Waals surface area contributed by atoms with Gasteiger partial charge in [0.05, 0.1) is 0 Å². The van der Waals surface area contributed by atoms with Gasteiger partial charge in [-0.15, -0.1) is 0 Å². The van der Waals surface area contributed by atoms with Gasteiger partial charge in [0, 0.05) is 51.0 Å². The summed E-state index contributed by atoms with van der Waals surface area (Å²) in [5, 5.41) is 4.21. The molecule has 0 radical (unpaired) electrons. The van der Waals surface area contributed by atoms with Crippen LogP contribution in [0.2, 0.25) is 0 Å². The molecule has 1 aromatic heterocycles. The maximum Gasteiger partial charge on any atom is 0.224 e. The SMILES string of the molecule is O=C(CCn1cccn1)N1C[C@@H]2CC[C@H]1CN(CCCc1ccccc1)C2. The Labute approximate surface area is 162 Å². The van der Waals surface area contributed by atoms with Gasteiger partial charge in [0.2, 0.25) is 5.91 Å². The van der Waals surface area contributed by atoms with E-state index in [2.05, 4.69) is 45.2 Å². The minimum atomic E-state index is 0.298. The fraction of sp³-hybridized carbons (Fsp3) is 0.545. The van der Waals surface area contributed by atoms with Gasteiger partial charge < -0.3 is 9.80 Å². The van der Waals surface area contributed by atoms with E-state index < -0.39 is 0 Å². The zero-order chi connectivity index (χ0) is 18.5. The third kappa shape index (κ3) is 4.78. The monoisotopic (exact) mass is 366 g/mol. The highest BCUT2D eigenvalue weighted by molar-refractivity contribution is 5.76. The van der Waals surface area contributed by atoms with E-state index in [-0.39, 0.29) is 0 Å². The Kier molecular flexibility index (Phi) is 5.87. The van der Waals surface area contributed by atoms with Crippen LogP contribution in [0.15, 0.2) is 48.8 Å². The highest BCUT2D eigenvalue weighted by Gasteiger charge is 2.36. The predicted octanol–water partition coefficient (Wildman–Crippen LogP) is 2.83. The van der Waals surface area contributed by atoms with E-state index in [1.807, 2.05) is 16.9 Å². The molecule has 0 saturated carbocycles. The molecule has 2 bridgehead atoms. The molecule has 3 aliphatic rings. The number of benzene rings is 1. The van der Waals surface area contributed by atoms with Crippen LogP contribution in [0, 0.1) is 5.92 Å². The van der Waals surface area contributed by atoms with Gasteiger partial charge in [-0.2, -0.15) is 5.10 Å². The first-order valence-corrected chi connectivity index (χ1v) is 10.3. The van der Waals surface area contributed by atoms with Crippen LogP contribution in [-0.2, 0) is 17.8 Å². The summed E-state index contributed by atoms with van der Waals surface area (Å²) in [6.07, 6.45) is 9.01. The molecule has 3 saturated heterocycles. The molecule has 0 unspecified atom stereocenters. The van der Waals surface area contributed by atoms with E-state index in [9.17, 15) is 4.79 Å². The smallest absolute Gasteiger partial charge is 0.224 e. The first-order valence-electron chi connectivity index (χ1n) is 10.3. The van der Waals surface area contributed by atoms with Crippen molar-refractivity contribution in [3.05, 3.63) is 54.4 Å². The van der Waals surface area contributed by atoms with Gasteiger partial charge in [0.1, 0.15) is 0 Å². The number of hydrogen-bond acceptors (Lipinski definition) is 3. The Balaban J connectivity index is 1.28. The summed E-state index contributed by atoms with van der Waals surface area (Å²) in [6, 6.07) is 13.0. The number of carbonyl (C=O) groups excluding carboxylic acids is 1. The third-order valence-electron chi connectivity index (χ3n) is 6.01. The summed E-state index contributed by atoms with van der Waals surface area (Å²) in [5.74, 6) is 0.931. The molecular weight excluding hydrogens is 336 g/mol. The molecule has 0 aliphatic carbocycles. The molecule has 1 amide bonds.